The van der Waals surface area contributed by atoms with Crippen LogP contribution < -0.4 is 5.32 Å². The lowest BCUT2D eigenvalue weighted by atomic mass is 10.3. The van der Waals surface area contributed by atoms with Crippen molar-refractivity contribution in [1.82, 2.24) is 5.32 Å². The minimum absolute atomic E-state index is 0.0399. The number of hydrogen-bond acceptors (Lipinski definition) is 1. The Kier molecular flexibility index (Phi) is 5.94. The van der Waals surface area contributed by atoms with Crippen molar-refractivity contribution in [3.63, 3.8) is 0 Å². The summed E-state index contributed by atoms with van der Waals surface area (Å²) in [4.78, 5) is 11.0. The van der Waals surface area contributed by atoms with E-state index in [1.54, 1.807) is 6.08 Å². The highest BCUT2D eigenvalue weighted by Crippen LogP contribution is 1.92. The van der Waals surface area contributed by atoms with Crippen LogP contribution in [0.1, 0.15) is 19.8 Å². The van der Waals surface area contributed by atoms with Gasteiger partial charge in [-0.15, -0.1) is 18.2 Å². The molecule has 0 saturated heterocycles. The Morgan fingerprint density at radius 3 is 2.91 bits per heavy atom. The van der Waals surface area contributed by atoms with Gasteiger partial charge in [-0.3, -0.25) is 4.79 Å². The van der Waals surface area contributed by atoms with Crippen molar-refractivity contribution < 1.29 is 4.79 Å². The van der Waals surface area contributed by atoms with E-state index in [9.17, 15) is 4.79 Å². The summed E-state index contributed by atoms with van der Waals surface area (Å²) in [7, 11) is 0. The molecular weight excluding hydrogens is 162 g/mol. The largest absolute Gasteiger partial charge is 0.350 e. The number of alkyl halides is 1. The fourth-order valence-corrected chi connectivity index (χ4v) is 0.746. The molecule has 0 saturated carbocycles. The average Bonchev–Trinajstić information content (AvgIpc) is 2.00. The molecule has 1 atom stereocenters. The SMILES string of the molecule is C=CC(C)NC(=O)CCCCl. The first-order valence-electron chi connectivity index (χ1n) is 3.68. The number of amides is 1. The van der Waals surface area contributed by atoms with E-state index < -0.39 is 0 Å². The van der Waals surface area contributed by atoms with Gasteiger partial charge in [-0.2, -0.15) is 0 Å². The molecule has 0 aliphatic rings. The van der Waals surface area contributed by atoms with Crippen molar-refractivity contribution in [2.45, 2.75) is 25.8 Å². The van der Waals surface area contributed by atoms with Crippen molar-refractivity contribution >= 4 is 17.5 Å². The van der Waals surface area contributed by atoms with Gasteiger partial charge in [-0.1, -0.05) is 6.08 Å². The number of rotatable bonds is 5. The minimum Gasteiger partial charge on any atom is -0.350 e. The second-order valence-electron chi connectivity index (χ2n) is 2.38. The maximum absolute atomic E-state index is 11.0. The molecule has 11 heavy (non-hydrogen) atoms. The van der Waals surface area contributed by atoms with Crippen LogP contribution in [0.4, 0.5) is 0 Å². The lowest BCUT2D eigenvalue weighted by molar-refractivity contribution is -0.121. The fraction of sp³-hybridized carbons (Fsp3) is 0.625. The first-order chi connectivity index (χ1) is 5.20. The van der Waals surface area contributed by atoms with Gasteiger partial charge in [-0.25, -0.2) is 0 Å². The Morgan fingerprint density at radius 1 is 1.82 bits per heavy atom. The highest BCUT2D eigenvalue weighted by molar-refractivity contribution is 6.17. The van der Waals surface area contributed by atoms with Gasteiger partial charge in [-0.05, 0) is 13.3 Å². The Morgan fingerprint density at radius 2 is 2.45 bits per heavy atom. The number of hydrogen-bond donors (Lipinski definition) is 1. The highest BCUT2D eigenvalue weighted by atomic mass is 35.5. The third-order valence-electron chi connectivity index (χ3n) is 1.28. The van der Waals surface area contributed by atoms with E-state index in [2.05, 4.69) is 11.9 Å². The summed E-state index contributed by atoms with van der Waals surface area (Å²) in [6, 6.07) is 0.0535. The molecule has 0 aromatic carbocycles. The number of nitrogens with one attached hydrogen (secondary N) is 1. The van der Waals surface area contributed by atoms with Gasteiger partial charge >= 0.3 is 0 Å². The second kappa shape index (κ2) is 6.23. The van der Waals surface area contributed by atoms with Crippen LogP contribution in [0.15, 0.2) is 12.7 Å². The van der Waals surface area contributed by atoms with Crippen LogP contribution in [-0.4, -0.2) is 17.8 Å². The van der Waals surface area contributed by atoms with E-state index in [0.29, 0.717) is 12.3 Å². The molecule has 1 N–H and O–H groups in total. The number of carbonyl (C=O) groups excluding carboxylic acids is 1. The molecule has 0 fully saturated rings. The predicted octanol–water partition coefficient (Wildman–Crippen LogP) is 1.70. The van der Waals surface area contributed by atoms with Gasteiger partial charge in [0.2, 0.25) is 5.91 Å². The van der Waals surface area contributed by atoms with Gasteiger partial charge in [0.15, 0.2) is 0 Å². The molecule has 0 aromatic heterocycles. The van der Waals surface area contributed by atoms with Crippen LogP contribution in [0.2, 0.25) is 0 Å². The van der Waals surface area contributed by atoms with E-state index in [1.807, 2.05) is 6.92 Å². The van der Waals surface area contributed by atoms with Crippen LogP contribution in [0, 0.1) is 0 Å². The lowest BCUT2D eigenvalue weighted by Gasteiger charge is -2.07. The Labute approximate surface area is 72.6 Å². The number of halogens is 1. The van der Waals surface area contributed by atoms with E-state index in [1.165, 1.54) is 0 Å². The van der Waals surface area contributed by atoms with Crippen molar-refractivity contribution in [1.29, 1.82) is 0 Å². The van der Waals surface area contributed by atoms with Gasteiger partial charge in [0.25, 0.3) is 0 Å². The third-order valence-corrected chi connectivity index (χ3v) is 1.55. The third kappa shape index (κ3) is 5.92. The van der Waals surface area contributed by atoms with Gasteiger partial charge in [0.05, 0.1) is 0 Å². The van der Waals surface area contributed by atoms with E-state index in [0.717, 1.165) is 6.42 Å². The van der Waals surface area contributed by atoms with Crippen molar-refractivity contribution in [3.8, 4) is 0 Å². The molecule has 0 heterocycles. The number of carbonyl (C=O) groups is 1. The minimum atomic E-state index is 0.0399. The molecule has 0 spiro atoms. The first-order valence-corrected chi connectivity index (χ1v) is 4.22. The predicted molar refractivity (Wildman–Crippen MR) is 47.8 cm³/mol. The summed E-state index contributed by atoms with van der Waals surface area (Å²) >= 11 is 5.42. The normalized spacial score (nSPS) is 12.2. The summed E-state index contributed by atoms with van der Waals surface area (Å²) in [5, 5.41) is 2.75. The molecule has 0 rings (SSSR count). The van der Waals surface area contributed by atoms with Crippen LogP contribution in [0.25, 0.3) is 0 Å². The zero-order valence-corrected chi connectivity index (χ0v) is 7.53. The molecule has 1 unspecified atom stereocenters. The summed E-state index contributed by atoms with van der Waals surface area (Å²) in [5.41, 5.74) is 0. The second-order valence-corrected chi connectivity index (χ2v) is 2.76. The molecule has 64 valence electrons. The maximum atomic E-state index is 11.0. The van der Waals surface area contributed by atoms with E-state index in [-0.39, 0.29) is 11.9 Å². The molecule has 0 aromatic rings. The molecule has 0 aliphatic carbocycles. The standard InChI is InChI=1S/C8H14ClNO/c1-3-7(2)10-8(11)5-4-6-9/h3,7H,1,4-6H2,2H3,(H,10,11). The van der Waals surface area contributed by atoms with Crippen molar-refractivity contribution in [2.75, 3.05) is 5.88 Å². The maximum Gasteiger partial charge on any atom is 0.220 e. The van der Waals surface area contributed by atoms with Crippen molar-refractivity contribution in [3.05, 3.63) is 12.7 Å². The fourth-order valence-electron chi connectivity index (χ4n) is 0.612. The zero-order chi connectivity index (χ0) is 8.69. The molecule has 1 amide bonds. The van der Waals surface area contributed by atoms with Gasteiger partial charge < -0.3 is 5.32 Å². The quantitative estimate of drug-likeness (QED) is 0.500. The molecule has 0 bridgehead atoms. The molecule has 0 radical (unpaired) electrons. The van der Waals surface area contributed by atoms with Crippen LogP contribution in [-0.2, 0) is 4.79 Å². The summed E-state index contributed by atoms with van der Waals surface area (Å²) in [6.07, 6.45) is 2.93. The highest BCUT2D eigenvalue weighted by Gasteiger charge is 2.01. The molecule has 3 heteroatoms. The summed E-state index contributed by atoms with van der Waals surface area (Å²) < 4.78 is 0. The van der Waals surface area contributed by atoms with Gasteiger partial charge in [0, 0.05) is 18.3 Å². The van der Waals surface area contributed by atoms with Crippen LogP contribution in [0.3, 0.4) is 0 Å². The zero-order valence-electron chi connectivity index (χ0n) is 6.77. The Hall–Kier alpha value is -0.500. The van der Waals surface area contributed by atoms with Crippen LogP contribution >= 0.6 is 11.6 Å². The van der Waals surface area contributed by atoms with Crippen LogP contribution in [0.5, 0.6) is 0 Å². The molecular formula is C8H14ClNO. The monoisotopic (exact) mass is 175 g/mol. The Balaban J connectivity index is 3.43. The van der Waals surface area contributed by atoms with E-state index >= 15 is 0 Å². The molecule has 2 nitrogen and oxygen atoms in total. The average molecular weight is 176 g/mol. The molecule has 0 aliphatic heterocycles. The summed E-state index contributed by atoms with van der Waals surface area (Å²) in [5.74, 6) is 0.577. The van der Waals surface area contributed by atoms with E-state index in [4.69, 9.17) is 11.6 Å². The summed E-state index contributed by atoms with van der Waals surface area (Å²) in [6.45, 7) is 5.43. The first kappa shape index (κ1) is 10.5. The van der Waals surface area contributed by atoms with Gasteiger partial charge in [0.1, 0.15) is 0 Å². The van der Waals surface area contributed by atoms with Crippen molar-refractivity contribution in [2.24, 2.45) is 0 Å². The Bertz CT molecular complexity index is 136. The smallest absolute Gasteiger partial charge is 0.220 e. The topological polar surface area (TPSA) is 29.1 Å². The lowest BCUT2D eigenvalue weighted by Crippen LogP contribution is -2.30.